The summed E-state index contributed by atoms with van der Waals surface area (Å²) in [6, 6.07) is 9.93. The minimum absolute atomic E-state index is 0.222. The topological polar surface area (TPSA) is 79.2 Å². The molecule has 4 aromatic rings. The fraction of sp³-hybridized carbons (Fsp3) is 0.429. The van der Waals surface area contributed by atoms with E-state index in [4.69, 9.17) is 21.6 Å². The van der Waals surface area contributed by atoms with E-state index in [-0.39, 0.29) is 5.56 Å². The fourth-order valence-corrected chi connectivity index (χ4v) is 11.8. The summed E-state index contributed by atoms with van der Waals surface area (Å²) in [6.45, 7) is 15.6. The molecule has 3 heterocycles. The van der Waals surface area contributed by atoms with Crippen molar-refractivity contribution in [1.29, 1.82) is 0 Å². The first-order valence-corrected chi connectivity index (χ1v) is 18.1. The van der Waals surface area contributed by atoms with Crippen molar-refractivity contribution in [3.63, 3.8) is 0 Å². The Kier molecular flexibility index (Phi) is 10.7. The van der Waals surface area contributed by atoms with E-state index in [1.54, 1.807) is 36.3 Å². The maximum Gasteiger partial charge on any atom is 0.261 e. The molecule has 0 spiro atoms. The van der Waals surface area contributed by atoms with Crippen molar-refractivity contribution in [3.8, 4) is 22.6 Å². The zero-order valence-corrected chi connectivity index (χ0v) is 30.0. The van der Waals surface area contributed by atoms with Gasteiger partial charge in [0, 0.05) is 68.3 Å². The van der Waals surface area contributed by atoms with Crippen LogP contribution in [0.5, 0.6) is 0 Å². The molecule has 10 heteroatoms. The molecule has 0 amide bonds. The van der Waals surface area contributed by atoms with Gasteiger partial charge in [0.1, 0.15) is 13.7 Å². The molecule has 0 radical (unpaired) electrons. The lowest BCUT2D eigenvalue weighted by atomic mass is 10.00. The van der Waals surface area contributed by atoms with E-state index in [0.29, 0.717) is 55.3 Å². The van der Waals surface area contributed by atoms with Crippen molar-refractivity contribution < 1.29 is 0 Å². The van der Waals surface area contributed by atoms with E-state index >= 15 is 0 Å². The van der Waals surface area contributed by atoms with Gasteiger partial charge in [0.25, 0.3) is 5.56 Å². The summed E-state index contributed by atoms with van der Waals surface area (Å²) in [5.74, 6) is 3.95. The monoisotopic (exact) mass is 643 g/mol. The quantitative estimate of drug-likeness (QED) is 0.143. The van der Waals surface area contributed by atoms with Crippen LogP contribution >= 0.6 is 11.6 Å². The largest absolute Gasteiger partial charge is 0.373 e. The van der Waals surface area contributed by atoms with Gasteiger partial charge in [-0.3, -0.25) is 14.3 Å². The molecule has 3 aromatic heterocycles. The Morgan fingerprint density at radius 3 is 2.18 bits per heavy atom. The fourth-order valence-electron chi connectivity index (χ4n) is 6.34. The van der Waals surface area contributed by atoms with Crippen molar-refractivity contribution in [2.75, 3.05) is 44.4 Å². The average Bonchev–Trinajstić information content (AvgIpc) is 2.99. The Bertz CT molecular complexity index is 1750. The van der Waals surface area contributed by atoms with Gasteiger partial charge in [-0.05, 0) is 61.1 Å². The number of anilines is 3. The number of pyridine rings is 2. The van der Waals surface area contributed by atoms with Crippen LogP contribution in [0.25, 0.3) is 22.2 Å². The van der Waals surface area contributed by atoms with Crippen LogP contribution in [0.4, 0.5) is 17.3 Å². The molecule has 1 aromatic carbocycles. The lowest BCUT2D eigenvalue weighted by Gasteiger charge is -2.38. The van der Waals surface area contributed by atoms with Gasteiger partial charge in [-0.15, -0.1) is 5.54 Å². The summed E-state index contributed by atoms with van der Waals surface area (Å²) >= 11 is 6.63. The van der Waals surface area contributed by atoms with Gasteiger partial charge >= 0.3 is 0 Å². The second-order valence-corrected chi connectivity index (χ2v) is 18.9. The van der Waals surface area contributed by atoms with Crippen molar-refractivity contribution >= 4 is 48.0 Å². The molecule has 0 unspecified atom stereocenters. The first kappa shape index (κ1) is 34.2. The summed E-state index contributed by atoms with van der Waals surface area (Å²) < 4.78 is 1.56. The van der Waals surface area contributed by atoms with Crippen molar-refractivity contribution in [3.05, 3.63) is 69.9 Å². The third-order valence-electron chi connectivity index (χ3n) is 8.88. The predicted octanol–water partition coefficient (Wildman–Crippen LogP) is 7.35. The number of nitrogens with zero attached hydrogens (tertiary/aromatic N) is 6. The Morgan fingerprint density at radius 2 is 1.60 bits per heavy atom. The Labute approximate surface area is 273 Å². The number of benzene rings is 1. The second-order valence-electron chi connectivity index (χ2n) is 12.9. The molecule has 0 bridgehead atoms. The summed E-state index contributed by atoms with van der Waals surface area (Å²) in [6.07, 6.45) is 4.97. The number of hydrogen-bond donors (Lipinski definition) is 1. The number of aryl methyl sites for hydroxylation is 1. The molecule has 0 aliphatic carbocycles. The molecule has 8 nitrogen and oxygen atoms in total. The van der Waals surface area contributed by atoms with Crippen molar-refractivity contribution in [2.45, 2.75) is 58.2 Å². The third-order valence-corrected chi connectivity index (χ3v) is 15.5. The lowest BCUT2D eigenvalue weighted by molar-refractivity contribution is 0.416. The first-order chi connectivity index (χ1) is 21.3. The molecular formula is C35H46ClN7OSi. The summed E-state index contributed by atoms with van der Waals surface area (Å²) in [5.41, 5.74) is 9.01. The molecule has 0 atom stereocenters. The SMILES string of the molecule is CC(C)[Si](C#Cc1c(-c2ccncc2Cl)c(=O)n(C)c2nc(Nc3ccc(N(C)CCN(C)C)cc3)ncc12)(C(C)C)C(C)C. The van der Waals surface area contributed by atoms with Gasteiger partial charge in [-0.2, -0.15) is 4.98 Å². The van der Waals surface area contributed by atoms with Crippen LogP contribution in [0.15, 0.2) is 53.7 Å². The van der Waals surface area contributed by atoms with Gasteiger partial charge in [-0.25, -0.2) is 4.98 Å². The van der Waals surface area contributed by atoms with Gasteiger partial charge < -0.3 is 15.1 Å². The smallest absolute Gasteiger partial charge is 0.261 e. The number of fused-ring (bicyclic) bond motifs is 1. The van der Waals surface area contributed by atoms with E-state index in [2.05, 4.69) is 106 Å². The highest BCUT2D eigenvalue weighted by molar-refractivity contribution is 6.90. The Morgan fingerprint density at radius 1 is 0.956 bits per heavy atom. The number of aromatic nitrogens is 4. The number of rotatable bonds is 10. The molecule has 0 aliphatic heterocycles. The van der Waals surface area contributed by atoms with Gasteiger partial charge in [-0.1, -0.05) is 59.1 Å². The summed E-state index contributed by atoms with van der Waals surface area (Å²) in [4.78, 5) is 32.1. The molecule has 45 heavy (non-hydrogen) atoms. The maximum atomic E-state index is 14.1. The zero-order valence-electron chi connectivity index (χ0n) is 28.2. The second kappa shape index (κ2) is 14.2. The Balaban J connectivity index is 1.86. The van der Waals surface area contributed by atoms with E-state index in [1.807, 2.05) is 12.1 Å². The molecule has 0 fully saturated rings. The normalized spacial score (nSPS) is 11.9. The minimum atomic E-state index is -2.13. The summed E-state index contributed by atoms with van der Waals surface area (Å²) in [7, 11) is 5.83. The molecule has 1 N–H and O–H groups in total. The van der Waals surface area contributed by atoms with E-state index in [9.17, 15) is 4.79 Å². The molecule has 0 saturated carbocycles. The highest BCUT2D eigenvalue weighted by Crippen LogP contribution is 2.41. The van der Waals surface area contributed by atoms with Gasteiger partial charge in [0.05, 0.1) is 16.0 Å². The molecule has 0 saturated heterocycles. The third kappa shape index (κ3) is 7.09. The van der Waals surface area contributed by atoms with Crippen LogP contribution in [0.2, 0.25) is 21.6 Å². The molecule has 0 aliphatic rings. The van der Waals surface area contributed by atoms with Crippen LogP contribution in [0.3, 0.4) is 0 Å². The van der Waals surface area contributed by atoms with E-state index in [1.165, 1.54) is 0 Å². The molecular weight excluding hydrogens is 598 g/mol. The predicted molar refractivity (Wildman–Crippen MR) is 192 cm³/mol. The zero-order chi connectivity index (χ0) is 33.1. The number of nitrogens with one attached hydrogen (secondary N) is 1. The highest BCUT2D eigenvalue weighted by Gasteiger charge is 2.41. The molecule has 238 valence electrons. The molecule has 4 rings (SSSR count). The highest BCUT2D eigenvalue weighted by atomic mass is 35.5. The minimum Gasteiger partial charge on any atom is -0.373 e. The van der Waals surface area contributed by atoms with Crippen molar-refractivity contribution in [1.82, 2.24) is 24.4 Å². The van der Waals surface area contributed by atoms with Crippen LogP contribution in [0, 0.1) is 11.5 Å². The lowest BCUT2D eigenvalue weighted by Crippen LogP contribution is -2.43. The van der Waals surface area contributed by atoms with Crippen molar-refractivity contribution in [2.24, 2.45) is 7.05 Å². The van der Waals surface area contributed by atoms with Crippen LogP contribution in [0.1, 0.15) is 47.1 Å². The maximum absolute atomic E-state index is 14.1. The van der Waals surface area contributed by atoms with E-state index < -0.39 is 8.07 Å². The summed E-state index contributed by atoms with van der Waals surface area (Å²) in [5, 5.41) is 4.41. The average molecular weight is 644 g/mol. The number of hydrogen-bond acceptors (Lipinski definition) is 7. The van der Waals surface area contributed by atoms with E-state index in [0.717, 1.165) is 24.5 Å². The van der Waals surface area contributed by atoms with Crippen LogP contribution in [-0.2, 0) is 7.05 Å². The van der Waals surface area contributed by atoms with Gasteiger partial charge in [0.15, 0.2) is 0 Å². The standard InChI is InChI=1S/C35H46ClN7OSi/c1-23(2)45(24(3)4,25(5)6)20-16-28-30-21-38-35(39-26-11-13-27(14-12-26)42(9)19-18-41(7)8)40-33(30)43(10)34(44)32(28)29-15-17-37-22-31(29)36/h11-15,17,21-25H,18-19H2,1-10H3,(H,38,39,40). The first-order valence-electron chi connectivity index (χ1n) is 15.5. The van der Waals surface area contributed by atoms with Gasteiger partial charge in [0.2, 0.25) is 5.95 Å². The van der Waals surface area contributed by atoms with Crippen LogP contribution < -0.4 is 15.8 Å². The van der Waals surface area contributed by atoms with Crippen LogP contribution in [-0.4, -0.2) is 66.7 Å². The number of halogens is 1. The Hall–Kier alpha value is -3.71. The number of likely N-dealkylation sites (N-methyl/N-ethyl adjacent to an activating group) is 2.